The molecule has 1 heteroatoms. The summed E-state index contributed by atoms with van der Waals surface area (Å²) in [4.78, 5) is 0. The van der Waals surface area contributed by atoms with E-state index in [0.717, 1.165) is 12.2 Å². The van der Waals surface area contributed by atoms with Gasteiger partial charge in [0, 0.05) is 6.42 Å². The first-order valence-corrected chi connectivity index (χ1v) is 3.03. The Morgan fingerprint density at radius 2 is 2.12 bits per heavy atom. The average Bonchev–Trinajstić information content (AvgIpc) is 1.85. The molecule has 0 radical (unpaired) electrons. The Labute approximate surface area is 50.3 Å². The molecule has 0 aromatic heterocycles. The minimum atomic E-state index is 0.426. The van der Waals surface area contributed by atoms with Crippen molar-refractivity contribution in [1.82, 2.24) is 0 Å². The molecule has 0 amide bonds. The molecule has 0 aromatic carbocycles. The Kier molecular flexibility index (Phi) is 1.28. The predicted molar refractivity (Wildman–Crippen MR) is 33.5 cm³/mol. The molecule has 0 saturated carbocycles. The van der Waals surface area contributed by atoms with Gasteiger partial charge in [-0.15, -0.1) is 0 Å². The second-order valence-corrected chi connectivity index (χ2v) is 2.47. The van der Waals surface area contributed by atoms with E-state index in [0.29, 0.717) is 6.10 Å². The van der Waals surface area contributed by atoms with Gasteiger partial charge < -0.3 is 4.74 Å². The van der Waals surface area contributed by atoms with Gasteiger partial charge in [0.25, 0.3) is 0 Å². The molecular weight excluding hydrogens is 100 g/mol. The quantitative estimate of drug-likeness (QED) is 0.466. The lowest BCUT2D eigenvalue weighted by Gasteiger charge is -2.01. The minimum absolute atomic E-state index is 0.426. The molecule has 1 aliphatic heterocycles. The summed E-state index contributed by atoms with van der Waals surface area (Å²) in [5.74, 6) is 1.12. The summed E-state index contributed by atoms with van der Waals surface area (Å²) in [5.41, 5.74) is 1.40. The van der Waals surface area contributed by atoms with Gasteiger partial charge in [-0.2, -0.15) is 0 Å². The highest BCUT2D eigenvalue weighted by molar-refractivity contribution is 5.09. The normalized spacial score (nSPS) is 28.6. The van der Waals surface area contributed by atoms with E-state index < -0.39 is 0 Å². The van der Waals surface area contributed by atoms with E-state index >= 15 is 0 Å². The largest absolute Gasteiger partial charge is 0.495 e. The Morgan fingerprint density at radius 3 is 2.25 bits per heavy atom. The zero-order valence-electron chi connectivity index (χ0n) is 5.69. The summed E-state index contributed by atoms with van der Waals surface area (Å²) in [7, 11) is 0. The maximum atomic E-state index is 5.35. The second kappa shape index (κ2) is 1.81. The van der Waals surface area contributed by atoms with Crippen molar-refractivity contribution in [3.05, 3.63) is 11.3 Å². The van der Waals surface area contributed by atoms with Gasteiger partial charge in [-0.25, -0.2) is 0 Å². The highest BCUT2D eigenvalue weighted by atomic mass is 16.5. The third kappa shape index (κ3) is 0.857. The molecule has 0 bridgehead atoms. The molecule has 0 fully saturated rings. The average molecular weight is 112 g/mol. The van der Waals surface area contributed by atoms with Crippen LogP contribution in [-0.4, -0.2) is 6.10 Å². The maximum absolute atomic E-state index is 5.35. The molecule has 1 heterocycles. The lowest BCUT2D eigenvalue weighted by Crippen LogP contribution is -1.96. The standard InChI is InChI=1S/C7H12O/c1-5-4-6(2)8-7(5)3/h6H,4H2,1-3H3/t6-/m1/s1. The van der Waals surface area contributed by atoms with Crippen LogP contribution in [-0.2, 0) is 4.74 Å². The van der Waals surface area contributed by atoms with Crippen molar-refractivity contribution in [3.8, 4) is 0 Å². The van der Waals surface area contributed by atoms with Gasteiger partial charge in [-0.05, 0) is 26.3 Å². The topological polar surface area (TPSA) is 9.23 Å². The number of ether oxygens (including phenoxy) is 1. The molecule has 0 aliphatic carbocycles. The van der Waals surface area contributed by atoms with Crippen molar-refractivity contribution in [1.29, 1.82) is 0 Å². The molecular formula is C7H12O. The SMILES string of the molecule is CC1=C(C)O[C@H](C)C1. The first-order chi connectivity index (χ1) is 3.70. The first kappa shape index (κ1) is 5.67. The van der Waals surface area contributed by atoms with Gasteiger partial charge in [0.1, 0.15) is 0 Å². The van der Waals surface area contributed by atoms with E-state index in [1.54, 1.807) is 0 Å². The highest BCUT2D eigenvalue weighted by Crippen LogP contribution is 2.22. The molecule has 1 atom stereocenters. The monoisotopic (exact) mass is 112 g/mol. The van der Waals surface area contributed by atoms with Crippen LogP contribution < -0.4 is 0 Å². The van der Waals surface area contributed by atoms with Crippen molar-refractivity contribution in [2.75, 3.05) is 0 Å². The van der Waals surface area contributed by atoms with E-state index in [2.05, 4.69) is 13.8 Å². The summed E-state index contributed by atoms with van der Waals surface area (Å²) < 4.78 is 5.35. The van der Waals surface area contributed by atoms with Crippen molar-refractivity contribution in [3.63, 3.8) is 0 Å². The predicted octanol–water partition coefficient (Wildman–Crippen LogP) is 2.09. The van der Waals surface area contributed by atoms with E-state index in [1.807, 2.05) is 6.92 Å². The van der Waals surface area contributed by atoms with Crippen LogP contribution in [0.4, 0.5) is 0 Å². The summed E-state index contributed by atoms with van der Waals surface area (Å²) in [6.45, 7) is 6.25. The molecule has 1 aliphatic rings. The minimum Gasteiger partial charge on any atom is -0.495 e. The van der Waals surface area contributed by atoms with Crippen molar-refractivity contribution in [2.45, 2.75) is 33.3 Å². The van der Waals surface area contributed by atoms with Crippen LogP contribution in [0.1, 0.15) is 27.2 Å². The molecule has 0 aromatic rings. The maximum Gasteiger partial charge on any atom is 0.0992 e. The molecule has 1 rings (SSSR count). The van der Waals surface area contributed by atoms with Crippen molar-refractivity contribution >= 4 is 0 Å². The lowest BCUT2D eigenvalue weighted by atomic mass is 10.2. The van der Waals surface area contributed by atoms with Crippen molar-refractivity contribution < 1.29 is 4.74 Å². The van der Waals surface area contributed by atoms with E-state index in [9.17, 15) is 0 Å². The van der Waals surface area contributed by atoms with Gasteiger partial charge in [0.05, 0.1) is 11.9 Å². The van der Waals surface area contributed by atoms with Gasteiger partial charge in [0.15, 0.2) is 0 Å². The van der Waals surface area contributed by atoms with E-state index in [-0.39, 0.29) is 0 Å². The Bertz CT molecular complexity index is 110. The Hall–Kier alpha value is -0.460. The molecule has 1 nitrogen and oxygen atoms in total. The third-order valence-electron chi connectivity index (χ3n) is 1.57. The summed E-state index contributed by atoms with van der Waals surface area (Å²) in [5, 5.41) is 0. The van der Waals surface area contributed by atoms with Crippen LogP contribution in [0.3, 0.4) is 0 Å². The number of rotatable bonds is 0. The highest BCUT2D eigenvalue weighted by Gasteiger charge is 2.14. The Morgan fingerprint density at radius 1 is 1.50 bits per heavy atom. The fourth-order valence-corrected chi connectivity index (χ4v) is 1.02. The van der Waals surface area contributed by atoms with Crippen LogP contribution in [0, 0.1) is 0 Å². The van der Waals surface area contributed by atoms with Gasteiger partial charge in [0.2, 0.25) is 0 Å². The number of hydrogen-bond acceptors (Lipinski definition) is 1. The van der Waals surface area contributed by atoms with Crippen molar-refractivity contribution in [2.24, 2.45) is 0 Å². The summed E-state index contributed by atoms with van der Waals surface area (Å²) in [6.07, 6.45) is 1.54. The fraction of sp³-hybridized carbons (Fsp3) is 0.714. The zero-order valence-corrected chi connectivity index (χ0v) is 5.69. The Balaban J connectivity index is 2.60. The zero-order chi connectivity index (χ0) is 6.15. The van der Waals surface area contributed by atoms with Gasteiger partial charge in [-0.3, -0.25) is 0 Å². The summed E-state index contributed by atoms with van der Waals surface area (Å²) >= 11 is 0. The van der Waals surface area contributed by atoms with E-state index in [1.165, 1.54) is 5.57 Å². The second-order valence-electron chi connectivity index (χ2n) is 2.47. The summed E-state index contributed by atoms with van der Waals surface area (Å²) in [6, 6.07) is 0. The van der Waals surface area contributed by atoms with Crippen LogP contribution in [0.15, 0.2) is 11.3 Å². The lowest BCUT2D eigenvalue weighted by molar-refractivity contribution is 0.162. The van der Waals surface area contributed by atoms with Crippen LogP contribution in [0.5, 0.6) is 0 Å². The van der Waals surface area contributed by atoms with Gasteiger partial charge in [-0.1, -0.05) is 0 Å². The number of allylic oxidation sites excluding steroid dienone is 1. The molecule has 0 saturated heterocycles. The van der Waals surface area contributed by atoms with Crippen LogP contribution in [0.25, 0.3) is 0 Å². The van der Waals surface area contributed by atoms with Crippen LogP contribution in [0.2, 0.25) is 0 Å². The molecule has 0 unspecified atom stereocenters. The number of hydrogen-bond donors (Lipinski definition) is 0. The molecule has 8 heavy (non-hydrogen) atoms. The molecule has 0 N–H and O–H groups in total. The smallest absolute Gasteiger partial charge is 0.0992 e. The molecule has 46 valence electrons. The molecule has 0 spiro atoms. The van der Waals surface area contributed by atoms with Crippen LogP contribution >= 0.6 is 0 Å². The fourth-order valence-electron chi connectivity index (χ4n) is 1.02. The van der Waals surface area contributed by atoms with E-state index in [4.69, 9.17) is 4.74 Å². The first-order valence-electron chi connectivity index (χ1n) is 3.03. The third-order valence-corrected chi connectivity index (χ3v) is 1.57. The van der Waals surface area contributed by atoms with Gasteiger partial charge >= 0.3 is 0 Å².